The molecule has 0 aromatic heterocycles. The van der Waals surface area contributed by atoms with Crippen LogP contribution in [0.1, 0.15) is 25.8 Å². The minimum Gasteiger partial charge on any atom is -0.309 e. The minimum absolute atomic E-state index is 0.505. The Morgan fingerprint density at radius 1 is 1.12 bits per heavy atom. The largest absolute Gasteiger partial charge is 0.309 e. The second kappa shape index (κ2) is 3.85. The van der Waals surface area contributed by atoms with Gasteiger partial charge in [0.2, 0.25) is 0 Å². The predicted molar refractivity (Wildman–Crippen MR) is 73.0 cm³/mol. The zero-order valence-electron chi connectivity index (χ0n) is 10.5. The summed E-state index contributed by atoms with van der Waals surface area (Å²) in [6, 6.07) is 15.9. The molecule has 17 heavy (non-hydrogen) atoms. The van der Waals surface area contributed by atoms with Gasteiger partial charge >= 0.3 is 0 Å². The van der Waals surface area contributed by atoms with E-state index >= 15 is 0 Å². The van der Waals surface area contributed by atoms with Crippen LogP contribution in [0.3, 0.4) is 0 Å². The Morgan fingerprint density at radius 2 is 1.82 bits per heavy atom. The SMILES string of the molecule is CC1(C)CC1NCc1cccc2ccccc12. The van der Waals surface area contributed by atoms with Crippen molar-refractivity contribution in [3.05, 3.63) is 48.0 Å². The first-order valence-corrected chi connectivity index (χ1v) is 6.37. The second-order valence-corrected chi connectivity index (χ2v) is 5.76. The fourth-order valence-corrected chi connectivity index (χ4v) is 2.50. The molecule has 1 saturated carbocycles. The van der Waals surface area contributed by atoms with Gasteiger partial charge in [0.1, 0.15) is 0 Å². The van der Waals surface area contributed by atoms with Gasteiger partial charge in [-0.2, -0.15) is 0 Å². The fraction of sp³-hybridized carbons (Fsp3) is 0.375. The quantitative estimate of drug-likeness (QED) is 0.839. The van der Waals surface area contributed by atoms with Crippen molar-refractivity contribution >= 4 is 10.8 Å². The van der Waals surface area contributed by atoms with Crippen molar-refractivity contribution < 1.29 is 0 Å². The van der Waals surface area contributed by atoms with Crippen molar-refractivity contribution in [2.24, 2.45) is 5.41 Å². The van der Waals surface area contributed by atoms with E-state index in [-0.39, 0.29) is 0 Å². The summed E-state index contributed by atoms with van der Waals surface area (Å²) in [5, 5.41) is 6.37. The monoisotopic (exact) mass is 225 g/mol. The van der Waals surface area contributed by atoms with Gasteiger partial charge in [0.25, 0.3) is 0 Å². The lowest BCUT2D eigenvalue weighted by atomic mass is 10.0. The molecule has 2 aromatic rings. The van der Waals surface area contributed by atoms with Crippen LogP contribution in [-0.4, -0.2) is 6.04 Å². The van der Waals surface area contributed by atoms with Gasteiger partial charge in [0.05, 0.1) is 0 Å². The Hall–Kier alpha value is -1.34. The molecule has 0 radical (unpaired) electrons. The molecule has 1 nitrogen and oxygen atoms in total. The van der Waals surface area contributed by atoms with Crippen LogP contribution in [-0.2, 0) is 6.54 Å². The Kier molecular flexibility index (Phi) is 2.44. The van der Waals surface area contributed by atoms with Gasteiger partial charge in [-0.3, -0.25) is 0 Å². The Morgan fingerprint density at radius 3 is 2.59 bits per heavy atom. The normalized spacial score (nSPS) is 21.6. The minimum atomic E-state index is 0.505. The number of hydrogen-bond acceptors (Lipinski definition) is 1. The molecule has 1 N–H and O–H groups in total. The highest BCUT2D eigenvalue weighted by Gasteiger charge is 2.44. The molecule has 1 atom stereocenters. The zero-order chi connectivity index (χ0) is 11.9. The van der Waals surface area contributed by atoms with Crippen molar-refractivity contribution in [1.82, 2.24) is 5.32 Å². The molecule has 0 spiro atoms. The van der Waals surface area contributed by atoms with Crippen LogP contribution in [0.25, 0.3) is 10.8 Å². The van der Waals surface area contributed by atoms with E-state index in [0.717, 1.165) is 6.54 Å². The maximum absolute atomic E-state index is 3.66. The first-order valence-electron chi connectivity index (χ1n) is 6.37. The van der Waals surface area contributed by atoms with Crippen LogP contribution in [0.2, 0.25) is 0 Å². The highest BCUT2D eigenvalue weighted by atomic mass is 15.0. The first kappa shape index (κ1) is 10.8. The molecular formula is C16H19N. The van der Waals surface area contributed by atoms with Gasteiger partial charge in [0.15, 0.2) is 0 Å². The summed E-state index contributed by atoms with van der Waals surface area (Å²) in [5.41, 5.74) is 1.91. The average molecular weight is 225 g/mol. The number of nitrogens with one attached hydrogen (secondary N) is 1. The lowest BCUT2D eigenvalue weighted by molar-refractivity contribution is 0.543. The van der Waals surface area contributed by atoms with Crippen LogP contribution < -0.4 is 5.32 Å². The molecule has 0 bridgehead atoms. The molecule has 3 rings (SSSR count). The standard InChI is InChI=1S/C16H19N/c1-16(2)10-15(16)17-11-13-8-5-7-12-6-3-4-9-14(12)13/h3-9,15,17H,10-11H2,1-2H3. The molecule has 0 saturated heterocycles. The molecule has 0 heterocycles. The Bertz CT molecular complexity index is 537. The lowest BCUT2D eigenvalue weighted by Gasteiger charge is -2.09. The summed E-state index contributed by atoms with van der Waals surface area (Å²) < 4.78 is 0. The molecule has 1 unspecified atom stereocenters. The smallest absolute Gasteiger partial charge is 0.0214 e. The van der Waals surface area contributed by atoms with E-state index in [9.17, 15) is 0 Å². The predicted octanol–water partition coefficient (Wildman–Crippen LogP) is 3.73. The summed E-state index contributed by atoms with van der Waals surface area (Å²) in [6.45, 7) is 5.64. The van der Waals surface area contributed by atoms with Gasteiger partial charge < -0.3 is 5.32 Å². The third kappa shape index (κ3) is 2.07. The summed E-state index contributed by atoms with van der Waals surface area (Å²) in [4.78, 5) is 0. The van der Waals surface area contributed by atoms with Crippen LogP contribution in [0.4, 0.5) is 0 Å². The maximum Gasteiger partial charge on any atom is 0.0214 e. The molecule has 2 aromatic carbocycles. The topological polar surface area (TPSA) is 12.0 Å². The number of fused-ring (bicyclic) bond motifs is 1. The van der Waals surface area contributed by atoms with Gasteiger partial charge in [-0.25, -0.2) is 0 Å². The zero-order valence-corrected chi connectivity index (χ0v) is 10.5. The molecule has 1 aliphatic carbocycles. The van der Waals surface area contributed by atoms with Crippen molar-refractivity contribution in [3.8, 4) is 0 Å². The molecular weight excluding hydrogens is 206 g/mol. The van der Waals surface area contributed by atoms with Crippen molar-refractivity contribution in [1.29, 1.82) is 0 Å². The second-order valence-electron chi connectivity index (χ2n) is 5.76. The number of hydrogen-bond donors (Lipinski definition) is 1. The van der Waals surface area contributed by atoms with E-state index in [2.05, 4.69) is 61.6 Å². The van der Waals surface area contributed by atoms with E-state index < -0.39 is 0 Å². The first-order chi connectivity index (χ1) is 8.17. The molecule has 0 amide bonds. The van der Waals surface area contributed by atoms with Crippen molar-refractivity contribution in [3.63, 3.8) is 0 Å². The van der Waals surface area contributed by atoms with E-state index in [1.165, 1.54) is 22.8 Å². The molecule has 1 fully saturated rings. The summed E-state index contributed by atoms with van der Waals surface area (Å²) in [5.74, 6) is 0. The third-order valence-corrected chi connectivity index (χ3v) is 3.93. The summed E-state index contributed by atoms with van der Waals surface area (Å²) in [7, 11) is 0. The van der Waals surface area contributed by atoms with E-state index in [0.29, 0.717) is 11.5 Å². The fourth-order valence-electron chi connectivity index (χ4n) is 2.50. The molecule has 1 heteroatoms. The Labute approximate surface area is 103 Å². The van der Waals surface area contributed by atoms with Crippen molar-refractivity contribution in [2.45, 2.75) is 32.9 Å². The lowest BCUT2D eigenvalue weighted by Crippen LogP contribution is -2.20. The van der Waals surface area contributed by atoms with E-state index in [1.807, 2.05) is 0 Å². The molecule has 0 aliphatic heterocycles. The van der Waals surface area contributed by atoms with Crippen LogP contribution in [0.15, 0.2) is 42.5 Å². The van der Waals surface area contributed by atoms with Crippen molar-refractivity contribution in [2.75, 3.05) is 0 Å². The highest BCUT2D eigenvalue weighted by molar-refractivity contribution is 5.85. The third-order valence-electron chi connectivity index (χ3n) is 3.93. The molecule has 88 valence electrons. The number of rotatable bonds is 3. The average Bonchev–Trinajstić information content (AvgIpc) is 2.94. The Balaban J connectivity index is 1.81. The van der Waals surface area contributed by atoms with E-state index in [1.54, 1.807) is 0 Å². The summed E-state index contributed by atoms with van der Waals surface area (Å²) in [6.07, 6.45) is 1.30. The van der Waals surface area contributed by atoms with E-state index in [4.69, 9.17) is 0 Å². The summed E-state index contributed by atoms with van der Waals surface area (Å²) >= 11 is 0. The number of benzene rings is 2. The van der Waals surface area contributed by atoms with Gasteiger partial charge in [0, 0.05) is 12.6 Å². The maximum atomic E-state index is 3.66. The van der Waals surface area contributed by atoms with Crippen LogP contribution in [0.5, 0.6) is 0 Å². The van der Waals surface area contributed by atoms with Gasteiger partial charge in [-0.1, -0.05) is 56.3 Å². The van der Waals surface area contributed by atoms with Crippen LogP contribution >= 0.6 is 0 Å². The van der Waals surface area contributed by atoms with Crippen LogP contribution in [0, 0.1) is 5.41 Å². The molecule has 1 aliphatic rings. The van der Waals surface area contributed by atoms with Gasteiger partial charge in [-0.05, 0) is 28.2 Å². The van der Waals surface area contributed by atoms with Gasteiger partial charge in [-0.15, -0.1) is 0 Å². The highest BCUT2D eigenvalue weighted by Crippen LogP contribution is 2.44.